The molecule has 0 heterocycles. The average molecular weight is 268 g/mol. The zero-order chi connectivity index (χ0) is 13.0. The van der Waals surface area contributed by atoms with Crippen LogP contribution >= 0.6 is 0 Å². The summed E-state index contributed by atoms with van der Waals surface area (Å²) in [5.74, 6) is -0.184. The molecule has 0 spiro atoms. The molecule has 0 aliphatic heterocycles. The molecule has 0 aliphatic carbocycles. The largest absolute Gasteiger partial charge is 0.529 e. The highest BCUT2D eigenvalue weighted by molar-refractivity contribution is 6.59. The fourth-order valence-corrected chi connectivity index (χ4v) is 2.73. The first-order valence-electron chi connectivity index (χ1n) is 5.42. The zero-order valence-corrected chi connectivity index (χ0v) is 14.2. The van der Waals surface area contributed by atoms with E-state index in [1.54, 1.807) is 0 Å². The van der Waals surface area contributed by atoms with Crippen molar-refractivity contribution in [1.29, 1.82) is 0 Å². The molecule has 0 aromatic carbocycles. The number of carbonyl (C=O) groups excluding carboxylic acids is 1. The summed E-state index contributed by atoms with van der Waals surface area (Å²) >= 11 is 0. The van der Waals surface area contributed by atoms with Gasteiger partial charge in [0.1, 0.15) is 0 Å². The first kappa shape index (κ1) is 18.2. The van der Waals surface area contributed by atoms with E-state index >= 15 is 0 Å². The third-order valence-corrected chi connectivity index (χ3v) is 4.52. The Morgan fingerprint density at radius 2 is 1.31 bits per heavy atom. The number of hydrogen-bond donors (Lipinski definition) is 0. The highest BCUT2D eigenvalue weighted by atomic mass is 28.4. The van der Waals surface area contributed by atoms with E-state index in [-0.39, 0.29) is 5.97 Å². The Bertz CT molecular complexity index is 160. The Morgan fingerprint density at radius 1 is 1.06 bits per heavy atom. The van der Waals surface area contributed by atoms with Crippen LogP contribution in [-0.4, -0.2) is 45.1 Å². The molecule has 0 bridgehead atoms. The fourth-order valence-electron chi connectivity index (χ4n) is 0.912. The van der Waals surface area contributed by atoms with Gasteiger partial charge in [-0.25, -0.2) is 0 Å². The van der Waals surface area contributed by atoms with Crippen molar-refractivity contribution in [2.24, 2.45) is 0 Å². The summed E-state index contributed by atoms with van der Waals surface area (Å²) in [4.78, 5) is 9.62. The first-order chi connectivity index (χ1) is 7.45. The standard InChI is InChI=1S/C7H18O3Si.C2H6O2Si/c1-5-8-11(4,9-6-2)10-7-3;1-2(3)4-5/h5-7H2,1-4H3;1,5H3. The van der Waals surface area contributed by atoms with Crippen molar-refractivity contribution in [3.8, 4) is 0 Å². The number of rotatable bonds is 6. The van der Waals surface area contributed by atoms with Gasteiger partial charge in [-0.15, -0.1) is 0 Å². The molecule has 0 aromatic heterocycles. The molecule has 0 saturated carbocycles. The summed E-state index contributed by atoms with van der Waals surface area (Å²) < 4.78 is 20.5. The third-order valence-electron chi connectivity index (χ3n) is 1.51. The minimum atomic E-state index is -2.25. The average Bonchev–Trinajstić information content (AvgIpc) is 2.19. The van der Waals surface area contributed by atoms with Crippen molar-refractivity contribution in [2.75, 3.05) is 19.8 Å². The molecule has 0 aromatic rings. The van der Waals surface area contributed by atoms with Gasteiger partial charge in [-0.05, 0) is 20.8 Å². The first-order valence-corrected chi connectivity index (χ1v) is 8.46. The zero-order valence-electron chi connectivity index (χ0n) is 11.2. The normalized spacial score (nSPS) is 10.6. The summed E-state index contributed by atoms with van der Waals surface area (Å²) in [6.45, 7) is 11.1. The lowest BCUT2D eigenvalue weighted by Gasteiger charge is -2.23. The van der Waals surface area contributed by atoms with Crippen LogP contribution in [0.25, 0.3) is 0 Å². The van der Waals surface area contributed by atoms with Crippen LogP contribution in [-0.2, 0) is 22.5 Å². The lowest BCUT2D eigenvalue weighted by atomic mass is 10.9. The van der Waals surface area contributed by atoms with Crippen LogP contribution in [0.2, 0.25) is 6.55 Å². The molecule has 0 unspecified atom stereocenters. The number of carbonyl (C=O) groups is 1. The Balaban J connectivity index is 0. The van der Waals surface area contributed by atoms with Crippen molar-refractivity contribution in [3.05, 3.63) is 0 Å². The fraction of sp³-hybridized carbons (Fsp3) is 0.889. The van der Waals surface area contributed by atoms with E-state index in [0.717, 1.165) is 0 Å². The van der Waals surface area contributed by atoms with Crippen LogP contribution in [0.15, 0.2) is 0 Å². The molecule has 7 heteroatoms. The van der Waals surface area contributed by atoms with Crippen LogP contribution in [0, 0.1) is 0 Å². The molecule has 0 atom stereocenters. The second kappa shape index (κ2) is 11.3. The molecule has 0 aliphatic rings. The number of hydrogen-bond acceptors (Lipinski definition) is 5. The SMILES string of the molecule is CC(=O)O[SiH3].CCO[Si](C)(OCC)OCC. The van der Waals surface area contributed by atoms with E-state index in [0.29, 0.717) is 30.3 Å². The van der Waals surface area contributed by atoms with Gasteiger partial charge in [0, 0.05) is 33.3 Å². The molecular formula is C9H24O5Si2. The Kier molecular flexibility index (Phi) is 12.8. The maximum atomic E-state index is 9.62. The molecule has 0 saturated heterocycles. The second-order valence-electron chi connectivity index (χ2n) is 2.86. The van der Waals surface area contributed by atoms with Gasteiger partial charge in [0.15, 0.2) is 0 Å². The summed E-state index contributed by atoms with van der Waals surface area (Å²) in [6, 6.07) is 0. The third kappa shape index (κ3) is 11.9. The van der Waals surface area contributed by atoms with Gasteiger partial charge in [0.05, 0.1) is 0 Å². The van der Waals surface area contributed by atoms with Crippen LogP contribution in [0.3, 0.4) is 0 Å². The summed E-state index contributed by atoms with van der Waals surface area (Å²) in [6.07, 6.45) is 0. The molecule has 16 heavy (non-hydrogen) atoms. The Hall–Kier alpha value is -0.216. The van der Waals surface area contributed by atoms with Crippen molar-refractivity contribution in [3.63, 3.8) is 0 Å². The highest BCUT2D eigenvalue weighted by Gasteiger charge is 2.32. The van der Waals surface area contributed by atoms with Gasteiger partial charge in [0.2, 0.25) is 10.5 Å². The Morgan fingerprint density at radius 3 is 1.44 bits per heavy atom. The molecule has 0 rings (SSSR count). The highest BCUT2D eigenvalue weighted by Crippen LogP contribution is 2.08. The van der Waals surface area contributed by atoms with Gasteiger partial charge in [-0.3, -0.25) is 4.79 Å². The van der Waals surface area contributed by atoms with E-state index in [4.69, 9.17) is 13.3 Å². The Labute approximate surface area is 102 Å². The van der Waals surface area contributed by atoms with E-state index in [9.17, 15) is 4.79 Å². The van der Waals surface area contributed by atoms with Crippen LogP contribution in [0.5, 0.6) is 0 Å². The molecule has 98 valence electrons. The van der Waals surface area contributed by atoms with Crippen molar-refractivity contribution in [2.45, 2.75) is 34.2 Å². The summed E-state index contributed by atoms with van der Waals surface area (Å²) in [5.41, 5.74) is 0. The minimum absolute atomic E-state index is 0.184. The van der Waals surface area contributed by atoms with Gasteiger partial charge in [-0.2, -0.15) is 0 Å². The van der Waals surface area contributed by atoms with Gasteiger partial charge < -0.3 is 17.7 Å². The monoisotopic (exact) mass is 268 g/mol. The summed E-state index contributed by atoms with van der Waals surface area (Å²) in [5, 5.41) is 0. The van der Waals surface area contributed by atoms with Gasteiger partial charge >= 0.3 is 8.80 Å². The van der Waals surface area contributed by atoms with E-state index in [1.807, 2.05) is 27.3 Å². The van der Waals surface area contributed by atoms with Gasteiger partial charge in [-0.1, -0.05) is 0 Å². The van der Waals surface area contributed by atoms with E-state index in [2.05, 4.69) is 4.43 Å². The van der Waals surface area contributed by atoms with Gasteiger partial charge in [0.25, 0.3) is 5.97 Å². The molecule has 5 nitrogen and oxygen atoms in total. The summed E-state index contributed by atoms with van der Waals surface area (Å²) in [7, 11) is -1.73. The lowest BCUT2D eigenvalue weighted by molar-refractivity contribution is -0.131. The predicted octanol–water partition coefficient (Wildman–Crippen LogP) is 0.494. The molecule has 0 radical (unpaired) electrons. The van der Waals surface area contributed by atoms with Crippen LogP contribution in [0.1, 0.15) is 27.7 Å². The lowest BCUT2D eigenvalue weighted by Crippen LogP contribution is -2.42. The topological polar surface area (TPSA) is 54.0 Å². The maximum Gasteiger partial charge on any atom is 0.497 e. The van der Waals surface area contributed by atoms with Crippen molar-refractivity contribution in [1.82, 2.24) is 0 Å². The van der Waals surface area contributed by atoms with Crippen molar-refractivity contribution < 1.29 is 22.5 Å². The molecular weight excluding hydrogens is 244 g/mol. The van der Waals surface area contributed by atoms with E-state index < -0.39 is 8.80 Å². The smallest absolute Gasteiger partial charge is 0.497 e. The minimum Gasteiger partial charge on any atom is -0.529 e. The molecule has 0 fully saturated rings. The second-order valence-corrected chi connectivity index (χ2v) is 5.86. The molecule has 0 N–H and O–H groups in total. The van der Waals surface area contributed by atoms with Crippen molar-refractivity contribution >= 4 is 25.3 Å². The predicted molar refractivity (Wildman–Crippen MR) is 68.2 cm³/mol. The quantitative estimate of drug-likeness (QED) is 0.657. The maximum absolute atomic E-state index is 9.62. The van der Waals surface area contributed by atoms with Crippen LogP contribution < -0.4 is 0 Å². The molecule has 0 amide bonds. The van der Waals surface area contributed by atoms with Crippen LogP contribution in [0.4, 0.5) is 0 Å². The van der Waals surface area contributed by atoms with E-state index in [1.165, 1.54) is 6.92 Å².